The van der Waals surface area contributed by atoms with Gasteiger partial charge in [0.15, 0.2) is 0 Å². The summed E-state index contributed by atoms with van der Waals surface area (Å²) in [6, 6.07) is 2.80. The highest BCUT2D eigenvalue weighted by Gasteiger charge is 2.27. The van der Waals surface area contributed by atoms with E-state index in [-0.39, 0.29) is 17.8 Å². The summed E-state index contributed by atoms with van der Waals surface area (Å²) in [5.41, 5.74) is 0.431. The van der Waals surface area contributed by atoms with Crippen molar-refractivity contribution in [3.8, 4) is 0 Å². The Kier molecular flexibility index (Phi) is 4.84. The Bertz CT molecular complexity index is 492. The Labute approximate surface area is 121 Å². The highest BCUT2D eigenvalue weighted by Crippen LogP contribution is 2.28. The van der Waals surface area contributed by atoms with Crippen molar-refractivity contribution in [2.24, 2.45) is 0 Å². The number of nitrogens with one attached hydrogen (secondary N) is 2. The number of carboxylic acid groups (broad SMARTS) is 1. The SMILES string of the molecule is CSC1CCCC1NC(=O)Nc1ccc(C(=O)O)nc1. The minimum absolute atomic E-state index is 0.0470. The molecule has 0 aromatic carbocycles. The highest BCUT2D eigenvalue weighted by molar-refractivity contribution is 7.99. The Balaban J connectivity index is 1.89. The van der Waals surface area contributed by atoms with Gasteiger partial charge in [0.1, 0.15) is 5.69 Å². The summed E-state index contributed by atoms with van der Waals surface area (Å²) >= 11 is 1.77. The van der Waals surface area contributed by atoms with Gasteiger partial charge in [-0.05, 0) is 31.2 Å². The average molecular weight is 295 g/mol. The van der Waals surface area contributed by atoms with Crippen molar-refractivity contribution in [1.82, 2.24) is 10.3 Å². The second-order valence-corrected chi connectivity index (χ2v) is 5.72. The van der Waals surface area contributed by atoms with Crippen LogP contribution in [0.3, 0.4) is 0 Å². The van der Waals surface area contributed by atoms with Crippen LogP contribution >= 0.6 is 11.8 Å². The zero-order chi connectivity index (χ0) is 14.5. The van der Waals surface area contributed by atoms with Crippen molar-refractivity contribution in [2.45, 2.75) is 30.6 Å². The van der Waals surface area contributed by atoms with E-state index < -0.39 is 5.97 Å². The lowest BCUT2D eigenvalue weighted by Crippen LogP contribution is -2.41. The molecule has 20 heavy (non-hydrogen) atoms. The molecule has 3 N–H and O–H groups in total. The monoisotopic (exact) mass is 295 g/mol. The molecule has 2 atom stereocenters. The predicted octanol–water partition coefficient (Wildman–Crippen LogP) is 2.19. The lowest BCUT2D eigenvalue weighted by molar-refractivity contribution is 0.0690. The van der Waals surface area contributed by atoms with Crippen molar-refractivity contribution < 1.29 is 14.7 Å². The molecular weight excluding hydrogens is 278 g/mol. The zero-order valence-corrected chi connectivity index (χ0v) is 11.9. The van der Waals surface area contributed by atoms with E-state index in [4.69, 9.17) is 5.11 Å². The fourth-order valence-corrected chi connectivity index (χ4v) is 3.24. The first kappa shape index (κ1) is 14.6. The van der Waals surface area contributed by atoms with E-state index in [9.17, 15) is 9.59 Å². The molecular formula is C13H17N3O3S. The van der Waals surface area contributed by atoms with E-state index in [1.54, 1.807) is 11.8 Å². The van der Waals surface area contributed by atoms with Crippen molar-refractivity contribution in [1.29, 1.82) is 0 Å². The van der Waals surface area contributed by atoms with E-state index in [0.717, 1.165) is 19.3 Å². The van der Waals surface area contributed by atoms with Crippen LogP contribution in [0, 0.1) is 0 Å². The first-order valence-corrected chi connectivity index (χ1v) is 7.68. The molecule has 0 saturated heterocycles. The molecule has 2 rings (SSSR count). The normalized spacial score (nSPS) is 21.4. The molecule has 108 valence electrons. The van der Waals surface area contributed by atoms with E-state index in [1.807, 2.05) is 0 Å². The number of nitrogens with zero attached hydrogens (tertiary/aromatic N) is 1. The molecule has 1 fully saturated rings. The van der Waals surface area contributed by atoms with Crippen LogP contribution < -0.4 is 10.6 Å². The highest BCUT2D eigenvalue weighted by atomic mass is 32.2. The topological polar surface area (TPSA) is 91.3 Å². The Morgan fingerprint density at radius 3 is 2.80 bits per heavy atom. The maximum absolute atomic E-state index is 11.9. The van der Waals surface area contributed by atoms with Gasteiger partial charge in [-0.15, -0.1) is 0 Å². The molecule has 0 aliphatic heterocycles. The quantitative estimate of drug-likeness (QED) is 0.792. The van der Waals surface area contributed by atoms with Gasteiger partial charge in [-0.2, -0.15) is 11.8 Å². The summed E-state index contributed by atoms with van der Waals surface area (Å²) in [5.74, 6) is -1.09. The van der Waals surface area contributed by atoms with Crippen molar-refractivity contribution >= 4 is 29.4 Å². The summed E-state index contributed by atoms with van der Waals surface area (Å²) in [4.78, 5) is 26.3. The number of amides is 2. The molecule has 0 bridgehead atoms. The average Bonchev–Trinajstić information content (AvgIpc) is 2.86. The first-order valence-electron chi connectivity index (χ1n) is 6.40. The van der Waals surface area contributed by atoms with Crippen molar-refractivity contribution in [3.05, 3.63) is 24.0 Å². The summed E-state index contributed by atoms with van der Waals surface area (Å²) in [6.07, 6.45) is 6.64. The van der Waals surface area contributed by atoms with Gasteiger partial charge in [0.25, 0.3) is 0 Å². The fraction of sp³-hybridized carbons (Fsp3) is 0.462. The number of carbonyl (C=O) groups excluding carboxylic acids is 1. The molecule has 1 aromatic heterocycles. The maximum atomic E-state index is 11.9. The Morgan fingerprint density at radius 1 is 1.40 bits per heavy atom. The number of rotatable bonds is 4. The van der Waals surface area contributed by atoms with E-state index in [1.165, 1.54) is 18.3 Å². The lowest BCUT2D eigenvalue weighted by Gasteiger charge is -2.19. The number of carbonyl (C=O) groups is 2. The number of thioether (sulfide) groups is 1. The van der Waals surface area contributed by atoms with Gasteiger partial charge in [0.2, 0.25) is 0 Å². The lowest BCUT2D eigenvalue weighted by atomic mass is 10.2. The number of hydrogen-bond acceptors (Lipinski definition) is 4. The van der Waals surface area contributed by atoms with Crippen LogP contribution in [-0.4, -0.2) is 39.6 Å². The van der Waals surface area contributed by atoms with Crippen LogP contribution in [0.2, 0.25) is 0 Å². The molecule has 6 nitrogen and oxygen atoms in total. The second kappa shape index (κ2) is 6.60. The van der Waals surface area contributed by atoms with Crippen LogP contribution in [0.25, 0.3) is 0 Å². The number of urea groups is 1. The third-order valence-electron chi connectivity index (χ3n) is 3.31. The predicted molar refractivity (Wildman–Crippen MR) is 78.3 cm³/mol. The number of hydrogen-bond donors (Lipinski definition) is 3. The minimum Gasteiger partial charge on any atom is -0.477 e. The van der Waals surface area contributed by atoms with Gasteiger partial charge in [-0.3, -0.25) is 0 Å². The molecule has 1 aliphatic rings. The summed E-state index contributed by atoms with van der Waals surface area (Å²) in [7, 11) is 0. The van der Waals surface area contributed by atoms with Gasteiger partial charge >= 0.3 is 12.0 Å². The molecule has 7 heteroatoms. The number of aromatic carboxylic acids is 1. The molecule has 1 aromatic rings. The minimum atomic E-state index is -1.09. The Morgan fingerprint density at radius 2 is 2.20 bits per heavy atom. The van der Waals surface area contributed by atoms with Gasteiger partial charge in [0, 0.05) is 11.3 Å². The van der Waals surface area contributed by atoms with Gasteiger partial charge < -0.3 is 15.7 Å². The molecule has 2 unspecified atom stereocenters. The van der Waals surface area contributed by atoms with Gasteiger partial charge in [0.05, 0.1) is 11.9 Å². The van der Waals surface area contributed by atoms with E-state index >= 15 is 0 Å². The number of anilines is 1. The van der Waals surface area contributed by atoms with E-state index in [2.05, 4.69) is 21.9 Å². The third-order valence-corrected chi connectivity index (χ3v) is 4.48. The summed E-state index contributed by atoms with van der Waals surface area (Å²) < 4.78 is 0. The molecule has 1 aliphatic carbocycles. The zero-order valence-electron chi connectivity index (χ0n) is 11.1. The van der Waals surface area contributed by atoms with Crippen molar-refractivity contribution in [2.75, 3.05) is 11.6 Å². The molecule has 1 heterocycles. The third kappa shape index (κ3) is 3.63. The second-order valence-electron chi connectivity index (χ2n) is 4.65. The molecule has 0 radical (unpaired) electrons. The summed E-state index contributed by atoms with van der Waals surface area (Å²) in [6.45, 7) is 0. The standard InChI is InChI=1S/C13H17N3O3S/c1-20-11-4-2-3-9(11)16-13(19)15-8-5-6-10(12(17)18)14-7-8/h5-7,9,11H,2-4H2,1H3,(H,17,18)(H2,15,16,19). The van der Waals surface area contributed by atoms with Crippen LogP contribution in [0.5, 0.6) is 0 Å². The smallest absolute Gasteiger partial charge is 0.354 e. The molecule has 0 spiro atoms. The van der Waals surface area contributed by atoms with Crippen LogP contribution in [0.1, 0.15) is 29.8 Å². The largest absolute Gasteiger partial charge is 0.477 e. The molecule has 2 amide bonds. The summed E-state index contributed by atoms with van der Waals surface area (Å²) in [5, 5.41) is 14.8. The fourth-order valence-electron chi connectivity index (χ4n) is 2.30. The van der Waals surface area contributed by atoms with Gasteiger partial charge in [-0.1, -0.05) is 6.42 Å². The number of aromatic nitrogens is 1. The van der Waals surface area contributed by atoms with E-state index in [0.29, 0.717) is 10.9 Å². The maximum Gasteiger partial charge on any atom is 0.354 e. The van der Waals surface area contributed by atoms with Crippen LogP contribution in [-0.2, 0) is 0 Å². The number of carboxylic acids is 1. The van der Waals surface area contributed by atoms with Crippen molar-refractivity contribution in [3.63, 3.8) is 0 Å². The van der Waals surface area contributed by atoms with Crippen LogP contribution in [0.15, 0.2) is 18.3 Å². The van der Waals surface area contributed by atoms with Crippen LogP contribution in [0.4, 0.5) is 10.5 Å². The van der Waals surface area contributed by atoms with Gasteiger partial charge in [-0.25, -0.2) is 14.6 Å². The number of pyridine rings is 1. The first-order chi connectivity index (χ1) is 9.60. The Hall–Kier alpha value is -1.76. The molecule has 1 saturated carbocycles.